The second-order valence-electron chi connectivity index (χ2n) is 7.06. The number of unbranched alkanes of at least 4 members (excludes halogenated alkanes) is 1. The lowest BCUT2D eigenvalue weighted by atomic mass is 9.96. The second kappa shape index (κ2) is 8.32. The van der Waals surface area contributed by atoms with E-state index in [1.54, 1.807) is 11.0 Å². The number of sulfonamides is 1. The Bertz CT molecular complexity index is 707. The molecule has 1 aliphatic heterocycles. The average Bonchev–Trinajstić information content (AvgIpc) is 2.58. The summed E-state index contributed by atoms with van der Waals surface area (Å²) in [6, 6.07) is 5.42. The highest BCUT2D eigenvalue weighted by atomic mass is 32.2. The zero-order valence-electron chi connectivity index (χ0n) is 15.8. The van der Waals surface area contributed by atoms with Crippen LogP contribution in [-0.4, -0.2) is 50.2 Å². The van der Waals surface area contributed by atoms with Gasteiger partial charge in [0.05, 0.1) is 4.90 Å². The Labute approximate surface area is 152 Å². The van der Waals surface area contributed by atoms with Crippen molar-refractivity contribution in [1.29, 1.82) is 0 Å². The number of amides is 1. The lowest BCUT2D eigenvalue weighted by Gasteiger charge is -2.32. The maximum atomic E-state index is 12.9. The normalized spacial score (nSPS) is 16.8. The third kappa shape index (κ3) is 4.61. The third-order valence-corrected chi connectivity index (χ3v) is 7.03. The first-order valence-corrected chi connectivity index (χ1v) is 10.5. The summed E-state index contributed by atoms with van der Waals surface area (Å²) in [5.74, 6) is 0.0874. The van der Waals surface area contributed by atoms with Crippen LogP contribution in [0.3, 0.4) is 0 Å². The molecule has 0 unspecified atom stereocenters. The quantitative estimate of drug-likeness (QED) is 0.778. The van der Waals surface area contributed by atoms with E-state index in [1.165, 1.54) is 4.31 Å². The number of rotatable bonds is 6. The van der Waals surface area contributed by atoms with Crippen molar-refractivity contribution in [3.8, 4) is 0 Å². The lowest BCUT2D eigenvalue weighted by molar-refractivity contribution is -0.135. The van der Waals surface area contributed by atoms with Gasteiger partial charge >= 0.3 is 0 Å². The van der Waals surface area contributed by atoms with Gasteiger partial charge in [-0.25, -0.2) is 8.42 Å². The molecule has 2 rings (SSSR count). The van der Waals surface area contributed by atoms with Crippen molar-refractivity contribution in [2.24, 2.45) is 5.92 Å². The summed E-state index contributed by atoms with van der Waals surface area (Å²) in [6.45, 7) is 7.49. The summed E-state index contributed by atoms with van der Waals surface area (Å²) in [5.41, 5.74) is 1.83. The number of piperidine rings is 1. The number of carbonyl (C=O) groups excluding carboxylic acids is 1. The molecule has 0 atom stereocenters. The largest absolute Gasteiger partial charge is 0.346 e. The molecule has 1 saturated heterocycles. The van der Waals surface area contributed by atoms with Crippen LogP contribution in [0.2, 0.25) is 0 Å². The van der Waals surface area contributed by atoms with Gasteiger partial charge in [0.1, 0.15) is 0 Å². The number of hydrogen-bond acceptors (Lipinski definition) is 3. The summed E-state index contributed by atoms with van der Waals surface area (Å²) < 4.78 is 27.3. The molecular formula is C19H30N2O3S. The average molecular weight is 367 g/mol. The molecule has 6 heteroatoms. The second-order valence-corrected chi connectivity index (χ2v) is 8.97. The molecule has 5 nitrogen and oxygen atoms in total. The van der Waals surface area contributed by atoms with E-state index in [4.69, 9.17) is 0 Å². The standard InChI is InChI=1S/C19H30N2O3S/c1-5-6-11-20(4)19(22)17-9-12-21(13-10-17)25(23,24)18-8-7-15(2)14-16(18)3/h7-8,14,17H,5-6,9-13H2,1-4H3. The highest BCUT2D eigenvalue weighted by Crippen LogP contribution is 2.27. The third-order valence-electron chi connectivity index (χ3n) is 4.97. The summed E-state index contributed by atoms with van der Waals surface area (Å²) in [7, 11) is -1.64. The Kier molecular flexibility index (Phi) is 6.63. The smallest absolute Gasteiger partial charge is 0.243 e. The van der Waals surface area contributed by atoms with Crippen LogP contribution < -0.4 is 0 Å². The molecule has 1 aromatic rings. The molecule has 0 N–H and O–H groups in total. The van der Waals surface area contributed by atoms with E-state index in [2.05, 4.69) is 6.92 Å². The Morgan fingerprint density at radius 1 is 1.24 bits per heavy atom. The molecule has 0 aliphatic carbocycles. The molecule has 1 heterocycles. The molecule has 1 fully saturated rings. The van der Waals surface area contributed by atoms with Crippen LogP contribution in [0.25, 0.3) is 0 Å². The zero-order chi connectivity index (χ0) is 18.6. The van der Waals surface area contributed by atoms with E-state index in [-0.39, 0.29) is 11.8 Å². The van der Waals surface area contributed by atoms with Gasteiger partial charge in [0, 0.05) is 32.6 Å². The summed E-state index contributed by atoms with van der Waals surface area (Å²) in [4.78, 5) is 14.7. The molecule has 1 aromatic carbocycles. The van der Waals surface area contributed by atoms with Crippen molar-refractivity contribution in [3.05, 3.63) is 29.3 Å². The van der Waals surface area contributed by atoms with Crippen molar-refractivity contribution >= 4 is 15.9 Å². The van der Waals surface area contributed by atoms with Gasteiger partial charge in [-0.2, -0.15) is 4.31 Å². The van der Waals surface area contributed by atoms with Crippen molar-refractivity contribution in [2.45, 2.75) is 51.3 Å². The van der Waals surface area contributed by atoms with Crippen LogP contribution in [0.15, 0.2) is 23.1 Å². The number of benzene rings is 1. The van der Waals surface area contributed by atoms with Gasteiger partial charge in [-0.05, 0) is 44.7 Å². The van der Waals surface area contributed by atoms with Gasteiger partial charge in [-0.1, -0.05) is 31.0 Å². The minimum atomic E-state index is -3.48. The molecule has 1 amide bonds. The van der Waals surface area contributed by atoms with E-state index in [0.717, 1.165) is 30.5 Å². The van der Waals surface area contributed by atoms with Crippen LogP contribution in [0.1, 0.15) is 43.7 Å². The first-order chi connectivity index (χ1) is 11.8. The first-order valence-electron chi connectivity index (χ1n) is 9.09. The van der Waals surface area contributed by atoms with Crippen molar-refractivity contribution < 1.29 is 13.2 Å². The summed E-state index contributed by atoms with van der Waals surface area (Å²) >= 11 is 0. The van der Waals surface area contributed by atoms with E-state index < -0.39 is 10.0 Å². The molecule has 0 radical (unpaired) electrons. The van der Waals surface area contributed by atoms with E-state index in [1.807, 2.05) is 33.0 Å². The molecule has 0 aromatic heterocycles. The molecule has 0 bridgehead atoms. The predicted molar refractivity (Wildman–Crippen MR) is 99.9 cm³/mol. The fraction of sp³-hybridized carbons (Fsp3) is 0.632. The van der Waals surface area contributed by atoms with E-state index in [0.29, 0.717) is 30.8 Å². The molecule has 140 valence electrons. The van der Waals surface area contributed by atoms with Crippen molar-refractivity contribution in [1.82, 2.24) is 9.21 Å². The van der Waals surface area contributed by atoms with Gasteiger partial charge in [0.15, 0.2) is 0 Å². The minimum Gasteiger partial charge on any atom is -0.346 e. The SMILES string of the molecule is CCCCN(C)C(=O)C1CCN(S(=O)(=O)c2ccc(C)cc2C)CC1. The van der Waals surface area contributed by atoms with Crippen LogP contribution in [0.4, 0.5) is 0 Å². The Morgan fingerprint density at radius 2 is 1.88 bits per heavy atom. The highest BCUT2D eigenvalue weighted by molar-refractivity contribution is 7.89. The fourth-order valence-corrected chi connectivity index (χ4v) is 5.06. The maximum Gasteiger partial charge on any atom is 0.243 e. The van der Waals surface area contributed by atoms with Gasteiger partial charge < -0.3 is 4.90 Å². The number of carbonyl (C=O) groups is 1. The van der Waals surface area contributed by atoms with E-state index >= 15 is 0 Å². The molecule has 1 aliphatic rings. The van der Waals surface area contributed by atoms with Crippen molar-refractivity contribution in [2.75, 3.05) is 26.7 Å². The first kappa shape index (κ1) is 19.9. The Balaban J connectivity index is 2.02. The number of aryl methyl sites for hydroxylation is 2. The van der Waals surface area contributed by atoms with E-state index in [9.17, 15) is 13.2 Å². The minimum absolute atomic E-state index is 0.0626. The predicted octanol–water partition coefficient (Wildman–Crippen LogP) is 2.96. The number of hydrogen-bond donors (Lipinski definition) is 0. The van der Waals surface area contributed by atoms with Gasteiger partial charge in [0.2, 0.25) is 15.9 Å². The Morgan fingerprint density at radius 3 is 2.44 bits per heavy atom. The Hall–Kier alpha value is -1.40. The van der Waals surface area contributed by atoms with Gasteiger partial charge in [-0.15, -0.1) is 0 Å². The fourth-order valence-electron chi connectivity index (χ4n) is 3.39. The lowest BCUT2D eigenvalue weighted by Crippen LogP contribution is -2.43. The monoisotopic (exact) mass is 366 g/mol. The molecular weight excluding hydrogens is 336 g/mol. The zero-order valence-corrected chi connectivity index (χ0v) is 16.6. The van der Waals surface area contributed by atoms with Crippen LogP contribution in [0, 0.1) is 19.8 Å². The summed E-state index contributed by atoms with van der Waals surface area (Å²) in [6.07, 6.45) is 3.26. The van der Waals surface area contributed by atoms with Crippen LogP contribution in [0.5, 0.6) is 0 Å². The molecule has 0 saturated carbocycles. The molecule has 0 spiro atoms. The summed E-state index contributed by atoms with van der Waals surface area (Å²) in [5, 5.41) is 0. The highest BCUT2D eigenvalue weighted by Gasteiger charge is 2.33. The van der Waals surface area contributed by atoms with Crippen molar-refractivity contribution in [3.63, 3.8) is 0 Å². The van der Waals surface area contributed by atoms with Crippen LogP contribution >= 0.6 is 0 Å². The maximum absolute atomic E-state index is 12.9. The van der Waals surface area contributed by atoms with Gasteiger partial charge in [-0.3, -0.25) is 4.79 Å². The van der Waals surface area contributed by atoms with Gasteiger partial charge in [0.25, 0.3) is 0 Å². The number of nitrogens with zero attached hydrogens (tertiary/aromatic N) is 2. The van der Waals surface area contributed by atoms with Crippen LogP contribution in [-0.2, 0) is 14.8 Å². The molecule has 25 heavy (non-hydrogen) atoms. The topological polar surface area (TPSA) is 57.7 Å².